The molecular weight excluding hydrogens is 352 g/mol. The maximum absolute atomic E-state index is 12.2. The third-order valence-corrected chi connectivity index (χ3v) is 6.29. The molecule has 4 rings (SSSR count). The van der Waals surface area contributed by atoms with E-state index in [0.29, 0.717) is 6.61 Å². The minimum atomic E-state index is -0.541. The van der Waals surface area contributed by atoms with Crippen molar-refractivity contribution in [3.63, 3.8) is 0 Å². The predicted octanol–water partition coefficient (Wildman–Crippen LogP) is 4.42. The summed E-state index contributed by atoms with van der Waals surface area (Å²) in [5.41, 5.74) is 3.17. The SMILES string of the molecule is COC(=O)C1CCCCC1c1ccc2c(c1)OC[C@H](Cc1ccccc1)[C@H]2O. The standard InChI is InChI=1S/C24H28O4/c1-27-24(26)20-10-6-5-9-19(20)17-11-12-21-22(14-17)28-15-18(23(21)25)13-16-7-3-2-4-8-16/h2-4,7-8,11-12,14,18-20,23,25H,5-6,9-10,13,15H2,1H3/t18-,19?,20?,23+/m0/s1. The minimum absolute atomic E-state index is 0.0400. The maximum Gasteiger partial charge on any atom is 0.309 e. The largest absolute Gasteiger partial charge is 0.493 e. The van der Waals surface area contributed by atoms with Gasteiger partial charge in [-0.25, -0.2) is 0 Å². The highest BCUT2D eigenvalue weighted by atomic mass is 16.5. The van der Waals surface area contributed by atoms with Gasteiger partial charge in [0.15, 0.2) is 0 Å². The summed E-state index contributed by atoms with van der Waals surface area (Å²) in [6.45, 7) is 0.498. The highest BCUT2D eigenvalue weighted by molar-refractivity contribution is 5.73. The second kappa shape index (κ2) is 8.36. The van der Waals surface area contributed by atoms with Gasteiger partial charge in [0.25, 0.3) is 0 Å². The van der Waals surface area contributed by atoms with Crippen LogP contribution in [0.3, 0.4) is 0 Å². The van der Waals surface area contributed by atoms with Crippen LogP contribution in [0, 0.1) is 11.8 Å². The number of aliphatic hydroxyl groups excluding tert-OH is 1. The number of hydrogen-bond acceptors (Lipinski definition) is 4. The summed E-state index contributed by atoms with van der Waals surface area (Å²) < 4.78 is 11.1. The fourth-order valence-electron chi connectivity index (χ4n) is 4.74. The molecular formula is C24H28O4. The van der Waals surface area contributed by atoms with Gasteiger partial charge in [-0.05, 0) is 42.4 Å². The summed E-state index contributed by atoms with van der Waals surface area (Å²) in [5, 5.41) is 10.9. The summed E-state index contributed by atoms with van der Waals surface area (Å²) >= 11 is 0. The molecule has 0 bridgehead atoms. The Morgan fingerprint density at radius 1 is 1.14 bits per heavy atom. The summed E-state index contributed by atoms with van der Waals surface area (Å²) in [6, 6.07) is 16.3. The normalized spacial score (nSPS) is 26.8. The smallest absolute Gasteiger partial charge is 0.309 e. The van der Waals surface area contributed by atoms with E-state index >= 15 is 0 Å². The van der Waals surface area contributed by atoms with E-state index in [2.05, 4.69) is 18.2 Å². The van der Waals surface area contributed by atoms with Gasteiger partial charge in [-0.1, -0.05) is 55.3 Å². The highest BCUT2D eigenvalue weighted by Gasteiger charge is 2.35. The van der Waals surface area contributed by atoms with Gasteiger partial charge in [0, 0.05) is 11.5 Å². The van der Waals surface area contributed by atoms with Gasteiger partial charge in [0.1, 0.15) is 5.75 Å². The number of esters is 1. The summed E-state index contributed by atoms with van der Waals surface area (Å²) in [7, 11) is 1.47. The van der Waals surface area contributed by atoms with Crippen molar-refractivity contribution in [3.8, 4) is 5.75 Å². The zero-order valence-electron chi connectivity index (χ0n) is 16.3. The van der Waals surface area contributed by atoms with Gasteiger partial charge in [0.05, 0.1) is 25.7 Å². The van der Waals surface area contributed by atoms with Crippen molar-refractivity contribution in [1.29, 1.82) is 0 Å². The molecule has 0 amide bonds. The second-order valence-electron chi connectivity index (χ2n) is 8.02. The number of hydrogen-bond donors (Lipinski definition) is 1. The molecule has 1 fully saturated rings. The summed E-state index contributed by atoms with van der Waals surface area (Å²) in [4.78, 5) is 12.2. The first-order chi connectivity index (χ1) is 13.7. The number of carbonyl (C=O) groups excluding carboxylic acids is 1. The van der Waals surface area contributed by atoms with Gasteiger partial charge in [0.2, 0.25) is 0 Å². The van der Waals surface area contributed by atoms with Crippen molar-refractivity contribution >= 4 is 5.97 Å². The number of aliphatic hydroxyl groups is 1. The first-order valence-corrected chi connectivity index (χ1v) is 10.2. The van der Waals surface area contributed by atoms with Crippen molar-refractivity contribution in [3.05, 3.63) is 65.2 Å². The molecule has 2 aromatic carbocycles. The molecule has 2 aromatic rings. The lowest BCUT2D eigenvalue weighted by atomic mass is 9.75. The molecule has 2 unspecified atom stereocenters. The highest BCUT2D eigenvalue weighted by Crippen LogP contribution is 2.43. The third-order valence-electron chi connectivity index (χ3n) is 6.29. The van der Waals surface area contributed by atoms with Crippen LogP contribution >= 0.6 is 0 Å². The van der Waals surface area contributed by atoms with Crippen LogP contribution < -0.4 is 4.74 Å². The second-order valence-corrected chi connectivity index (χ2v) is 8.02. The molecule has 4 heteroatoms. The van der Waals surface area contributed by atoms with E-state index in [9.17, 15) is 9.90 Å². The summed E-state index contributed by atoms with van der Waals surface area (Å²) in [6.07, 6.45) is 4.29. The molecule has 1 aliphatic heterocycles. The number of methoxy groups -OCH3 is 1. The lowest BCUT2D eigenvalue weighted by Gasteiger charge is -2.33. The van der Waals surface area contributed by atoms with E-state index in [1.807, 2.05) is 30.3 Å². The van der Waals surface area contributed by atoms with Crippen LogP contribution in [0.15, 0.2) is 48.5 Å². The minimum Gasteiger partial charge on any atom is -0.493 e. The van der Waals surface area contributed by atoms with Crippen molar-refractivity contribution in [1.82, 2.24) is 0 Å². The van der Waals surface area contributed by atoms with Crippen molar-refractivity contribution < 1.29 is 19.4 Å². The molecule has 0 spiro atoms. The van der Waals surface area contributed by atoms with Crippen LogP contribution in [0.4, 0.5) is 0 Å². The van der Waals surface area contributed by atoms with Gasteiger partial charge in [-0.15, -0.1) is 0 Å². The molecule has 1 heterocycles. The Morgan fingerprint density at radius 2 is 1.93 bits per heavy atom. The molecule has 0 saturated heterocycles. The Bertz CT molecular complexity index is 817. The lowest BCUT2D eigenvalue weighted by Crippen LogP contribution is -2.29. The molecule has 0 aromatic heterocycles. The third kappa shape index (κ3) is 3.79. The van der Waals surface area contributed by atoms with E-state index in [-0.39, 0.29) is 23.7 Å². The zero-order valence-corrected chi connectivity index (χ0v) is 16.3. The Morgan fingerprint density at radius 3 is 2.71 bits per heavy atom. The number of fused-ring (bicyclic) bond motifs is 1. The first kappa shape index (κ1) is 19.0. The number of rotatable bonds is 4. The molecule has 4 atom stereocenters. The number of ether oxygens (including phenoxy) is 2. The van der Waals surface area contributed by atoms with Crippen LogP contribution in [-0.2, 0) is 16.0 Å². The first-order valence-electron chi connectivity index (χ1n) is 10.2. The topological polar surface area (TPSA) is 55.8 Å². The van der Waals surface area contributed by atoms with Crippen LogP contribution in [0.1, 0.15) is 54.4 Å². The van der Waals surface area contributed by atoms with Crippen molar-refractivity contribution in [2.75, 3.05) is 13.7 Å². The molecule has 1 N–H and O–H groups in total. The van der Waals surface area contributed by atoms with E-state index < -0.39 is 6.10 Å². The van der Waals surface area contributed by atoms with Gasteiger partial charge in [-0.2, -0.15) is 0 Å². The van der Waals surface area contributed by atoms with Crippen LogP contribution in [-0.4, -0.2) is 24.8 Å². The van der Waals surface area contributed by atoms with Crippen LogP contribution in [0.2, 0.25) is 0 Å². The Hall–Kier alpha value is -2.33. The Balaban J connectivity index is 1.54. The molecule has 1 saturated carbocycles. The monoisotopic (exact) mass is 380 g/mol. The van der Waals surface area contributed by atoms with Gasteiger partial charge in [-0.3, -0.25) is 4.79 Å². The molecule has 28 heavy (non-hydrogen) atoms. The molecule has 4 nitrogen and oxygen atoms in total. The maximum atomic E-state index is 12.2. The van der Waals surface area contributed by atoms with Crippen molar-refractivity contribution in [2.24, 2.45) is 11.8 Å². The van der Waals surface area contributed by atoms with E-state index in [4.69, 9.17) is 9.47 Å². The molecule has 2 aliphatic rings. The van der Waals surface area contributed by atoms with Crippen LogP contribution in [0.25, 0.3) is 0 Å². The number of benzene rings is 2. The van der Waals surface area contributed by atoms with E-state index in [0.717, 1.165) is 49.0 Å². The molecule has 1 aliphatic carbocycles. The zero-order chi connectivity index (χ0) is 19.5. The average molecular weight is 380 g/mol. The number of carbonyl (C=O) groups is 1. The van der Waals surface area contributed by atoms with E-state index in [1.165, 1.54) is 12.7 Å². The van der Waals surface area contributed by atoms with Crippen molar-refractivity contribution in [2.45, 2.75) is 44.1 Å². The van der Waals surface area contributed by atoms with Gasteiger partial charge >= 0.3 is 5.97 Å². The fraction of sp³-hybridized carbons (Fsp3) is 0.458. The predicted molar refractivity (Wildman–Crippen MR) is 107 cm³/mol. The Kier molecular flexibility index (Phi) is 5.67. The van der Waals surface area contributed by atoms with E-state index in [1.54, 1.807) is 0 Å². The van der Waals surface area contributed by atoms with Gasteiger partial charge < -0.3 is 14.6 Å². The Labute approximate surface area is 166 Å². The lowest BCUT2D eigenvalue weighted by molar-refractivity contribution is -0.147. The quantitative estimate of drug-likeness (QED) is 0.798. The molecule has 148 valence electrons. The summed E-state index contributed by atoms with van der Waals surface area (Å²) in [5.74, 6) is 0.749. The van der Waals surface area contributed by atoms with Crippen LogP contribution in [0.5, 0.6) is 5.75 Å². The molecule has 0 radical (unpaired) electrons. The fourth-order valence-corrected chi connectivity index (χ4v) is 4.74. The average Bonchev–Trinajstić information content (AvgIpc) is 2.75.